The number of anilines is 1. The van der Waals surface area contributed by atoms with Gasteiger partial charge in [0.15, 0.2) is 6.10 Å². The maximum Gasteiger partial charge on any atom is 0.268 e. The first-order valence-electron chi connectivity index (χ1n) is 7.89. The molecular weight excluding hydrogens is 264 g/mol. The predicted octanol–water partition coefficient (Wildman–Crippen LogP) is 2.74. The highest BCUT2D eigenvalue weighted by Crippen LogP contribution is 2.36. The highest BCUT2D eigenvalue weighted by Gasteiger charge is 2.35. The van der Waals surface area contributed by atoms with Crippen LogP contribution < -0.4 is 15.4 Å². The molecule has 2 N–H and O–H groups in total. The quantitative estimate of drug-likeness (QED) is 0.820. The van der Waals surface area contributed by atoms with Crippen LogP contribution in [0.3, 0.4) is 0 Å². The number of benzene rings is 1. The molecule has 0 saturated carbocycles. The number of aryl methyl sites for hydroxylation is 1. The van der Waals surface area contributed by atoms with Crippen molar-refractivity contribution < 1.29 is 9.53 Å². The molecule has 4 heteroatoms. The molecule has 0 bridgehead atoms. The minimum atomic E-state index is -0.374. The first-order valence-corrected chi connectivity index (χ1v) is 7.89. The molecule has 0 spiro atoms. The standard InChI is InChI=1S/C17H26N2O2/c1-4-19-14-11-13(7-5-6-10-18)8-9-15(14)21-16(12(2)3)17(19)20/h8-9,11-12,16H,4-7,10,18H2,1-3H3. The van der Waals surface area contributed by atoms with Gasteiger partial charge >= 0.3 is 0 Å². The number of rotatable bonds is 6. The first-order chi connectivity index (χ1) is 10.1. The molecule has 2 rings (SSSR count). The molecule has 4 nitrogen and oxygen atoms in total. The van der Waals surface area contributed by atoms with Crippen LogP contribution in [0.5, 0.6) is 5.75 Å². The maximum absolute atomic E-state index is 12.5. The van der Waals surface area contributed by atoms with Crippen molar-refractivity contribution in [2.45, 2.75) is 46.1 Å². The molecule has 1 amide bonds. The molecule has 1 aliphatic rings. The lowest BCUT2D eigenvalue weighted by molar-refractivity contribution is -0.128. The molecule has 0 radical (unpaired) electrons. The summed E-state index contributed by atoms with van der Waals surface area (Å²) in [4.78, 5) is 14.4. The third-order valence-corrected chi connectivity index (χ3v) is 3.92. The molecule has 1 unspecified atom stereocenters. The Balaban J connectivity index is 2.25. The first kappa shape index (κ1) is 15.8. The number of amides is 1. The van der Waals surface area contributed by atoms with E-state index in [1.165, 1.54) is 5.56 Å². The maximum atomic E-state index is 12.5. The van der Waals surface area contributed by atoms with Crippen LogP contribution in [-0.2, 0) is 11.2 Å². The average Bonchev–Trinajstić information content (AvgIpc) is 2.46. The molecule has 116 valence electrons. The van der Waals surface area contributed by atoms with Crippen molar-refractivity contribution in [3.05, 3.63) is 23.8 Å². The van der Waals surface area contributed by atoms with Crippen molar-refractivity contribution in [3.63, 3.8) is 0 Å². The van der Waals surface area contributed by atoms with Crippen LogP contribution in [-0.4, -0.2) is 25.1 Å². The summed E-state index contributed by atoms with van der Waals surface area (Å²) in [7, 11) is 0. The van der Waals surface area contributed by atoms with E-state index in [2.05, 4.69) is 12.1 Å². The lowest BCUT2D eigenvalue weighted by Crippen LogP contribution is -2.48. The van der Waals surface area contributed by atoms with Crippen molar-refractivity contribution in [1.82, 2.24) is 0 Å². The minimum Gasteiger partial charge on any atom is -0.478 e. The Morgan fingerprint density at radius 1 is 1.33 bits per heavy atom. The van der Waals surface area contributed by atoms with E-state index < -0.39 is 0 Å². The van der Waals surface area contributed by atoms with E-state index in [0.29, 0.717) is 6.54 Å². The number of ether oxygens (including phenoxy) is 1. The van der Waals surface area contributed by atoms with E-state index in [9.17, 15) is 4.79 Å². The lowest BCUT2D eigenvalue weighted by Gasteiger charge is -2.35. The van der Waals surface area contributed by atoms with Crippen LogP contribution in [0.4, 0.5) is 5.69 Å². The Kier molecular flexibility index (Phi) is 5.23. The topological polar surface area (TPSA) is 55.6 Å². The number of fused-ring (bicyclic) bond motifs is 1. The number of carbonyl (C=O) groups is 1. The number of nitrogens with zero attached hydrogens (tertiary/aromatic N) is 1. The number of nitrogens with two attached hydrogens (primary N) is 1. The number of carbonyl (C=O) groups excluding carboxylic acids is 1. The molecular formula is C17H26N2O2. The van der Waals surface area contributed by atoms with E-state index >= 15 is 0 Å². The van der Waals surface area contributed by atoms with Gasteiger partial charge in [0.1, 0.15) is 5.75 Å². The Labute approximate surface area is 127 Å². The molecule has 1 aliphatic heterocycles. The molecule has 0 aliphatic carbocycles. The summed E-state index contributed by atoms with van der Waals surface area (Å²) in [6.45, 7) is 7.44. The molecule has 1 aromatic rings. The predicted molar refractivity (Wildman–Crippen MR) is 85.7 cm³/mol. The van der Waals surface area contributed by atoms with E-state index in [0.717, 1.165) is 37.2 Å². The van der Waals surface area contributed by atoms with Crippen molar-refractivity contribution in [3.8, 4) is 5.75 Å². The largest absolute Gasteiger partial charge is 0.478 e. The summed E-state index contributed by atoms with van der Waals surface area (Å²) in [6, 6.07) is 6.18. The van der Waals surface area contributed by atoms with Gasteiger partial charge in [-0.3, -0.25) is 4.79 Å². The van der Waals surface area contributed by atoms with Gasteiger partial charge in [0.25, 0.3) is 5.91 Å². The summed E-state index contributed by atoms with van der Waals surface area (Å²) in [5.41, 5.74) is 7.68. The molecule has 21 heavy (non-hydrogen) atoms. The second-order valence-corrected chi connectivity index (χ2v) is 5.91. The summed E-state index contributed by atoms with van der Waals surface area (Å²) in [5, 5.41) is 0. The SMILES string of the molecule is CCN1C(=O)C(C(C)C)Oc2ccc(CCCCN)cc21. The zero-order valence-corrected chi connectivity index (χ0v) is 13.3. The summed E-state index contributed by atoms with van der Waals surface area (Å²) < 4.78 is 5.91. The Hall–Kier alpha value is -1.55. The summed E-state index contributed by atoms with van der Waals surface area (Å²) in [6.07, 6.45) is 2.72. The Morgan fingerprint density at radius 2 is 2.10 bits per heavy atom. The highest BCUT2D eigenvalue weighted by atomic mass is 16.5. The van der Waals surface area contributed by atoms with Crippen molar-refractivity contribution in [2.24, 2.45) is 11.7 Å². The summed E-state index contributed by atoms with van der Waals surface area (Å²) >= 11 is 0. The smallest absolute Gasteiger partial charge is 0.268 e. The van der Waals surface area contributed by atoms with Gasteiger partial charge in [-0.2, -0.15) is 0 Å². The Bertz CT molecular complexity index is 500. The van der Waals surface area contributed by atoms with Gasteiger partial charge in [-0.25, -0.2) is 0 Å². The van der Waals surface area contributed by atoms with E-state index in [1.54, 1.807) is 0 Å². The van der Waals surface area contributed by atoms with E-state index in [-0.39, 0.29) is 17.9 Å². The van der Waals surface area contributed by atoms with Crippen molar-refractivity contribution >= 4 is 11.6 Å². The van der Waals surface area contributed by atoms with E-state index in [4.69, 9.17) is 10.5 Å². The molecule has 0 aromatic heterocycles. The van der Waals surface area contributed by atoms with Gasteiger partial charge in [0.2, 0.25) is 0 Å². The number of likely N-dealkylation sites (N-methyl/N-ethyl adjacent to an activating group) is 1. The van der Waals surface area contributed by atoms with Gasteiger partial charge < -0.3 is 15.4 Å². The van der Waals surface area contributed by atoms with Gasteiger partial charge in [-0.15, -0.1) is 0 Å². The molecule has 1 heterocycles. The lowest BCUT2D eigenvalue weighted by atomic mass is 10.0. The molecule has 1 atom stereocenters. The second kappa shape index (κ2) is 6.94. The fourth-order valence-corrected chi connectivity index (χ4v) is 2.71. The van der Waals surface area contributed by atoms with Gasteiger partial charge in [-0.1, -0.05) is 19.9 Å². The molecule has 0 saturated heterocycles. The monoisotopic (exact) mass is 290 g/mol. The average molecular weight is 290 g/mol. The van der Waals surface area contributed by atoms with Gasteiger partial charge in [0, 0.05) is 6.54 Å². The molecule has 1 aromatic carbocycles. The second-order valence-electron chi connectivity index (χ2n) is 5.91. The number of unbranched alkanes of at least 4 members (excludes halogenated alkanes) is 1. The van der Waals surface area contributed by atoms with Crippen molar-refractivity contribution in [2.75, 3.05) is 18.0 Å². The third kappa shape index (κ3) is 3.38. The zero-order valence-electron chi connectivity index (χ0n) is 13.3. The van der Waals surface area contributed by atoms with Crippen LogP contribution >= 0.6 is 0 Å². The van der Waals surface area contributed by atoms with Gasteiger partial charge in [-0.05, 0) is 56.3 Å². The van der Waals surface area contributed by atoms with Gasteiger partial charge in [0.05, 0.1) is 5.69 Å². The highest BCUT2D eigenvalue weighted by molar-refractivity contribution is 6.00. The third-order valence-electron chi connectivity index (χ3n) is 3.92. The molecule has 0 fully saturated rings. The number of hydrogen-bond acceptors (Lipinski definition) is 3. The minimum absolute atomic E-state index is 0.0686. The van der Waals surface area contributed by atoms with Crippen LogP contribution in [0.1, 0.15) is 39.2 Å². The van der Waals surface area contributed by atoms with Crippen LogP contribution in [0.2, 0.25) is 0 Å². The van der Waals surface area contributed by atoms with Crippen LogP contribution in [0.25, 0.3) is 0 Å². The normalized spacial score (nSPS) is 17.9. The van der Waals surface area contributed by atoms with Crippen LogP contribution in [0.15, 0.2) is 18.2 Å². The number of hydrogen-bond donors (Lipinski definition) is 1. The summed E-state index contributed by atoms with van der Waals surface area (Å²) in [5.74, 6) is 1.06. The fraction of sp³-hybridized carbons (Fsp3) is 0.588. The zero-order chi connectivity index (χ0) is 15.4. The van der Waals surface area contributed by atoms with Crippen molar-refractivity contribution in [1.29, 1.82) is 0 Å². The fourth-order valence-electron chi connectivity index (χ4n) is 2.71. The van der Waals surface area contributed by atoms with Crippen LogP contribution in [0, 0.1) is 5.92 Å². The Morgan fingerprint density at radius 3 is 2.71 bits per heavy atom. The van der Waals surface area contributed by atoms with E-state index in [1.807, 2.05) is 31.7 Å².